The summed E-state index contributed by atoms with van der Waals surface area (Å²) in [6, 6.07) is 3.79. The Morgan fingerprint density at radius 2 is 2.26 bits per heavy atom. The summed E-state index contributed by atoms with van der Waals surface area (Å²) in [6.07, 6.45) is -0.763. The van der Waals surface area contributed by atoms with Crippen molar-refractivity contribution < 1.29 is 13.9 Å². The van der Waals surface area contributed by atoms with Gasteiger partial charge in [0.05, 0.1) is 17.6 Å². The Labute approximate surface area is 108 Å². The SMILES string of the molecule is CC(C)COC(=O)Nn1c(=O)[nH]c2ccc(F)cc21. The molecule has 1 aromatic heterocycles. The molecule has 0 atom stereocenters. The third-order valence-electron chi connectivity index (χ3n) is 2.40. The monoisotopic (exact) mass is 267 g/mol. The van der Waals surface area contributed by atoms with Crippen LogP contribution in [0.5, 0.6) is 0 Å². The number of aromatic nitrogens is 2. The highest BCUT2D eigenvalue weighted by molar-refractivity contribution is 5.81. The van der Waals surface area contributed by atoms with Crippen LogP contribution in [0.25, 0.3) is 11.0 Å². The van der Waals surface area contributed by atoms with E-state index in [0.29, 0.717) is 5.52 Å². The number of carbonyl (C=O) groups excluding carboxylic acids is 1. The molecule has 1 aromatic carbocycles. The Bertz CT molecular complexity index is 660. The van der Waals surface area contributed by atoms with E-state index in [1.807, 2.05) is 13.8 Å². The van der Waals surface area contributed by atoms with Crippen molar-refractivity contribution in [2.24, 2.45) is 5.92 Å². The Balaban J connectivity index is 2.25. The van der Waals surface area contributed by atoms with Crippen molar-refractivity contribution in [2.75, 3.05) is 12.0 Å². The number of fused-ring (bicyclic) bond motifs is 1. The van der Waals surface area contributed by atoms with Crippen molar-refractivity contribution in [3.63, 3.8) is 0 Å². The molecule has 0 saturated carbocycles. The van der Waals surface area contributed by atoms with Crippen LogP contribution in [0.1, 0.15) is 13.8 Å². The van der Waals surface area contributed by atoms with E-state index in [-0.39, 0.29) is 18.0 Å². The molecule has 0 saturated heterocycles. The molecule has 0 aliphatic heterocycles. The fourth-order valence-electron chi connectivity index (χ4n) is 1.55. The van der Waals surface area contributed by atoms with E-state index in [4.69, 9.17) is 4.74 Å². The number of nitrogens with one attached hydrogen (secondary N) is 2. The zero-order valence-corrected chi connectivity index (χ0v) is 10.6. The molecule has 0 unspecified atom stereocenters. The van der Waals surface area contributed by atoms with Crippen LogP contribution >= 0.6 is 0 Å². The maximum atomic E-state index is 13.1. The van der Waals surface area contributed by atoms with Gasteiger partial charge in [-0.2, -0.15) is 4.68 Å². The fourth-order valence-corrected chi connectivity index (χ4v) is 1.55. The van der Waals surface area contributed by atoms with Gasteiger partial charge in [-0.1, -0.05) is 13.8 Å². The maximum absolute atomic E-state index is 13.1. The average molecular weight is 267 g/mol. The number of imidazole rings is 1. The van der Waals surface area contributed by atoms with E-state index >= 15 is 0 Å². The van der Waals surface area contributed by atoms with Crippen LogP contribution in [0, 0.1) is 11.7 Å². The molecule has 19 heavy (non-hydrogen) atoms. The molecule has 2 rings (SSSR count). The molecule has 2 N–H and O–H groups in total. The zero-order valence-electron chi connectivity index (χ0n) is 10.6. The second kappa shape index (κ2) is 5.13. The molecule has 0 aliphatic carbocycles. The van der Waals surface area contributed by atoms with Gasteiger partial charge in [0.15, 0.2) is 0 Å². The first-order valence-corrected chi connectivity index (χ1v) is 5.81. The minimum Gasteiger partial charge on any atom is -0.448 e. The largest absolute Gasteiger partial charge is 0.448 e. The highest BCUT2D eigenvalue weighted by Gasteiger charge is 2.11. The van der Waals surface area contributed by atoms with Gasteiger partial charge in [-0.25, -0.2) is 19.4 Å². The van der Waals surface area contributed by atoms with Gasteiger partial charge >= 0.3 is 11.8 Å². The molecule has 2 aromatic rings. The maximum Gasteiger partial charge on any atom is 0.426 e. The van der Waals surface area contributed by atoms with E-state index in [1.165, 1.54) is 12.1 Å². The van der Waals surface area contributed by atoms with Gasteiger partial charge in [0.25, 0.3) is 0 Å². The van der Waals surface area contributed by atoms with Gasteiger partial charge < -0.3 is 9.72 Å². The lowest BCUT2D eigenvalue weighted by Gasteiger charge is -2.09. The summed E-state index contributed by atoms with van der Waals surface area (Å²) < 4.78 is 19.0. The van der Waals surface area contributed by atoms with Crippen LogP contribution in [0.2, 0.25) is 0 Å². The Morgan fingerprint density at radius 1 is 1.53 bits per heavy atom. The normalized spacial score (nSPS) is 10.9. The number of amides is 1. The van der Waals surface area contributed by atoms with Crippen molar-refractivity contribution in [3.8, 4) is 0 Å². The summed E-state index contributed by atoms with van der Waals surface area (Å²) in [5.74, 6) is -0.319. The highest BCUT2D eigenvalue weighted by atomic mass is 19.1. The Kier molecular flexibility index (Phi) is 3.55. The summed E-state index contributed by atoms with van der Waals surface area (Å²) in [6.45, 7) is 4.01. The summed E-state index contributed by atoms with van der Waals surface area (Å²) in [5.41, 5.74) is 2.36. The van der Waals surface area contributed by atoms with Crippen molar-refractivity contribution in [1.82, 2.24) is 9.66 Å². The van der Waals surface area contributed by atoms with Crippen molar-refractivity contribution in [2.45, 2.75) is 13.8 Å². The van der Waals surface area contributed by atoms with Crippen LogP contribution in [-0.2, 0) is 4.74 Å². The van der Waals surface area contributed by atoms with Crippen molar-refractivity contribution in [1.29, 1.82) is 0 Å². The first-order valence-electron chi connectivity index (χ1n) is 5.81. The Morgan fingerprint density at radius 3 is 2.95 bits per heavy atom. The van der Waals surface area contributed by atoms with Crippen LogP contribution in [0.3, 0.4) is 0 Å². The molecule has 1 amide bonds. The average Bonchev–Trinajstić information content (AvgIpc) is 2.63. The lowest BCUT2D eigenvalue weighted by atomic mass is 10.2. The van der Waals surface area contributed by atoms with Gasteiger partial charge in [-0.05, 0) is 18.1 Å². The van der Waals surface area contributed by atoms with Gasteiger partial charge in [0.1, 0.15) is 5.82 Å². The number of rotatable bonds is 3. The summed E-state index contributed by atoms with van der Waals surface area (Å²) in [5, 5.41) is 0. The lowest BCUT2D eigenvalue weighted by Crippen LogP contribution is -2.32. The molecule has 0 aliphatic rings. The smallest absolute Gasteiger partial charge is 0.426 e. The molecule has 1 heterocycles. The quantitative estimate of drug-likeness (QED) is 0.890. The van der Waals surface area contributed by atoms with Crippen molar-refractivity contribution in [3.05, 3.63) is 34.5 Å². The molecule has 0 spiro atoms. The van der Waals surface area contributed by atoms with Gasteiger partial charge in [-0.15, -0.1) is 0 Å². The third kappa shape index (κ3) is 2.93. The number of ether oxygens (including phenoxy) is 1. The summed E-state index contributed by atoms with van der Waals surface area (Å²) >= 11 is 0. The number of nitrogens with zero attached hydrogens (tertiary/aromatic N) is 1. The number of aromatic amines is 1. The van der Waals surface area contributed by atoms with Gasteiger partial charge in [-0.3, -0.25) is 0 Å². The third-order valence-corrected chi connectivity index (χ3v) is 2.40. The number of carbonyl (C=O) groups is 1. The van der Waals surface area contributed by atoms with E-state index in [2.05, 4.69) is 10.4 Å². The number of benzene rings is 1. The second-order valence-electron chi connectivity index (χ2n) is 4.53. The van der Waals surface area contributed by atoms with E-state index in [0.717, 1.165) is 10.7 Å². The van der Waals surface area contributed by atoms with Crippen LogP contribution in [0.4, 0.5) is 9.18 Å². The van der Waals surface area contributed by atoms with Crippen LogP contribution in [0.15, 0.2) is 23.0 Å². The van der Waals surface area contributed by atoms with Crippen LogP contribution in [-0.4, -0.2) is 22.4 Å². The zero-order chi connectivity index (χ0) is 14.0. The first-order chi connectivity index (χ1) is 8.97. The van der Waals surface area contributed by atoms with E-state index < -0.39 is 17.6 Å². The number of hydrogen-bond acceptors (Lipinski definition) is 3. The molecule has 7 heteroatoms. The predicted octanol–water partition coefficient (Wildman–Crippen LogP) is 1.80. The van der Waals surface area contributed by atoms with Gasteiger partial charge in [0.2, 0.25) is 0 Å². The predicted molar refractivity (Wildman–Crippen MR) is 68.1 cm³/mol. The molecular formula is C12H14FN3O3. The summed E-state index contributed by atoms with van der Waals surface area (Å²) in [7, 11) is 0. The standard InChI is InChI=1S/C12H14FN3O3/c1-7(2)6-19-12(18)15-16-10-5-8(13)3-4-9(10)14-11(16)17/h3-5,7H,6H2,1-2H3,(H,14,17)(H,15,18). The molecule has 102 valence electrons. The van der Waals surface area contributed by atoms with Crippen molar-refractivity contribution >= 4 is 17.1 Å². The molecule has 6 nitrogen and oxygen atoms in total. The lowest BCUT2D eigenvalue weighted by molar-refractivity contribution is 0.144. The first kappa shape index (κ1) is 13.1. The summed E-state index contributed by atoms with van der Waals surface area (Å²) in [4.78, 5) is 25.6. The molecular weight excluding hydrogens is 253 g/mol. The van der Waals surface area contributed by atoms with Crippen LogP contribution < -0.4 is 11.1 Å². The topological polar surface area (TPSA) is 76.1 Å². The van der Waals surface area contributed by atoms with E-state index in [1.54, 1.807) is 0 Å². The minimum atomic E-state index is -0.763. The Hall–Kier alpha value is -2.31. The highest BCUT2D eigenvalue weighted by Crippen LogP contribution is 2.10. The molecule has 0 bridgehead atoms. The minimum absolute atomic E-state index is 0.183. The van der Waals surface area contributed by atoms with Gasteiger partial charge in [0, 0.05) is 6.07 Å². The van der Waals surface area contributed by atoms with E-state index in [9.17, 15) is 14.0 Å². The fraction of sp³-hybridized carbons (Fsp3) is 0.333. The molecule has 0 fully saturated rings. The number of hydrogen-bond donors (Lipinski definition) is 2. The number of H-pyrrole nitrogens is 1. The number of halogens is 1. The molecule has 0 radical (unpaired) electrons. The second-order valence-corrected chi connectivity index (χ2v) is 4.53.